The molecule has 1 aromatic heterocycles. The van der Waals surface area contributed by atoms with Crippen molar-refractivity contribution in [2.24, 2.45) is 0 Å². The van der Waals surface area contributed by atoms with Crippen molar-refractivity contribution in [1.82, 2.24) is 15.0 Å². The Morgan fingerprint density at radius 3 is 2.48 bits per heavy atom. The van der Waals surface area contributed by atoms with Crippen LogP contribution in [-0.4, -0.2) is 20.1 Å². The Hall–Kier alpha value is -2.17. The van der Waals surface area contributed by atoms with Crippen LogP contribution in [0.5, 0.6) is 0 Å². The van der Waals surface area contributed by atoms with Crippen LogP contribution in [0.4, 0.5) is 0 Å². The van der Waals surface area contributed by atoms with E-state index in [4.69, 9.17) is 11.6 Å². The largest absolute Gasteiger partial charge is 0.390 e. The molecule has 2 aromatic carbocycles. The first-order chi connectivity index (χ1) is 10.2. The number of aliphatic hydroxyl groups excluding tert-OH is 1. The molecule has 0 bridgehead atoms. The van der Waals surface area contributed by atoms with Gasteiger partial charge in [0.2, 0.25) is 0 Å². The number of hydrogen-bond donors (Lipinski definition) is 1. The average molecular weight is 300 g/mol. The van der Waals surface area contributed by atoms with Crippen LogP contribution in [-0.2, 0) is 6.61 Å². The van der Waals surface area contributed by atoms with E-state index in [0.29, 0.717) is 10.7 Å². The van der Waals surface area contributed by atoms with Crippen molar-refractivity contribution in [2.45, 2.75) is 13.5 Å². The molecule has 5 heteroatoms. The van der Waals surface area contributed by atoms with Crippen LogP contribution in [0.1, 0.15) is 11.3 Å². The van der Waals surface area contributed by atoms with E-state index in [0.717, 1.165) is 22.5 Å². The van der Waals surface area contributed by atoms with Crippen molar-refractivity contribution in [3.63, 3.8) is 0 Å². The summed E-state index contributed by atoms with van der Waals surface area (Å²) >= 11 is 5.93. The van der Waals surface area contributed by atoms with Crippen molar-refractivity contribution in [2.75, 3.05) is 0 Å². The first kappa shape index (κ1) is 13.8. The number of benzene rings is 2. The average Bonchev–Trinajstić information content (AvgIpc) is 2.92. The molecule has 0 saturated carbocycles. The quantitative estimate of drug-likeness (QED) is 0.806. The second-order valence-electron chi connectivity index (χ2n) is 4.75. The Morgan fingerprint density at radius 1 is 1.10 bits per heavy atom. The summed E-state index contributed by atoms with van der Waals surface area (Å²) in [4.78, 5) is 0. The smallest absolute Gasteiger partial charge is 0.117 e. The lowest BCUT2D eigenvalue weighted by Gasteiger charge is -2.10. The predicted octanol–water partition coefficient (Wildman–Crippen LogP) is 3.39. The highest BCUT2D eigenvalue weighted by Gasteiger charge is 2.17. The molecular formula is C16H14ClN3O. The van der Waals surface area contributed by atoms with Crippen molar-refractivity contribution in [3.8, 4) is 16.9 Å². The fourth-order valence-corrected chi connectivity index (χ4v) is 2.42. The Balaban J connectivity index is 2.22. The van der Waals surface area contributed by atoms with Crippen LogP contribution >= 0.6 is 11.6 Å². The standard InChI is InChI=1S/C16H14ClN3O/c1-11-4-2-3-5-14(11)16-15(10-21)18-19-20(16)13-8-6-12(17)7-9-13/h2-9,21H,10H2,1H3. The molecule has 0 fully saturated rings. The summed E-state index contributed by atoms with van der Waals surface area (Å²) in [5.41, 5.74) is 4.31. The fourth-order valence-electron chi connectivity index (χ4n) is 2.29. The number of hydrogen-bond acceptors (Lipinski definition) is 3. The molecule has 21 heavy (non-hydrogen) atoms. The molecule has 3 aromatic rings. The second kappa shape index (κ2) is 5.68. The first-order valence-corrected chi connectivity index (χ1v) is 6.96. The van der Waals surface area contributed by atoms with Gasteiger partial charge in [-0.3, -0.25) is 0 Å². The van der Waals surface area contributed by atoms with E-state index in [2.05, 4.69) is 10.3 Å². The van der Waals surface area contributed by atoms with Gasteiger partial charge in [0.05, 0.1) is 12.3 Å². The number of nitrogens with zero attached hydrogens (tertiary/aromatic N) is 3. The summed E-state index contributed by atoms with van der Waals surface area (Å²) in [7, 11) is 0. The summed E-state index contributed by atoms with van der Waals surface area (Å²) in [5, 5.41) is 18.5. The molecule has 1 N–H and O–H groups in total. The highest BCUT2D eigenvalue weighted by molar-refractivity contribution is 6.30. The van der Waals surface area contributed by atoms with Crippen molar-refractivity contribution < 1.29 is 5.11 Å². The number of aliphatic hydroxyl groups is 1. The van der Waals surface area contributed by atoms with Gasteiger partial charge in [0.15, 0.2) is 0 Å². The topological polar surface area (TPSA) is 50.9 Å². The van der Waals surface area contributed by atoms with Crippen LogP contribution in [0.25, 0.3) is 16.9 Å². The lowest BCUT2D eigenvalue weighted by molar-refractivity contribution is 0.277. The summed E-state index contributed by atoms with van der Waals surface area (Å²) in [6, 6.07) is 15.3. The molecule has 0 unspecified atom stereocenters. The van der Waals surface area contributed by atoms with E-state index in [-0.39, 0.29) is 6.61 Å². The second-order valence-corrected chi connectivity index (χ2v) is 5.18. The molecule has 0 atom stereocenters. The SMILES string of the molecule is Cc1ccccc1-c1c(CO)nnn1-c1ccc(Cl)cc1. The van der Waals surface area contributed by atoms with E-state index >= 15 is 0 Å². The minimum atomic E-state index is -0.155. The normalized spacial score (nSPS) is 10.8. The van der Waals surface area contributed by atoms with Gasteiger partial charge in [0.1, 0.15) is 11.4 Å². The molecule has 4 nitrogen and oxygen atoms in total. The fraction of sp³-hybridized carbons (Fsp3) is 0.125. The molecular weight excluding hydrogens is 286 g/mol. The number of halogens is 1. The predicted molar refractivity (Wildman–Crippen MR) is 82.5 cm³/mol. The highest BCUT2D eigenvalue weighted by Crippen LogP contribution is 2.28. The van der Waals surface area contributed by atoms with E-state index < -0.39 is 0 Å². The minimum Gasteiger partial charge on any atom is -0.390 e. The van der Waals surface area contributed by atoms with Gasteiger partial charge in [-0.2, -0.15) is 0 Å². The van der Waals surface area contributed by atoms with Gasteiger partial charge >= 0.3 is 0 Å². The van der Waals surface area contributed by atoms with E-state index in [1.54, 1.807) is 16.8 Å². The van der Waals surface area contributed by atoms with Gasteiger partial charge in [-0.25, -0.2) is 4.68 Å². The Kier molecular flexibility index (Phi) is 3.73. The van der Waals surface area contributed by atoms with Gasteiger partial charge in [-0.1, -0.05) is 41.1 Å². The van der Waals surface area contributed by atoms with Gasteiger partial charge in [-0.15, -0.1) is 5.10 Å². The maximum atomic E-state index is 9.54. The lowest BCUT2D eigenvalue weighted by Crippen LogP contribution is -2.01. The monoisotopic (exact) mass is 299 g/mol. The van der Waals surface area contributed by atoms with Crippen molar-refractivity contribution >= 4 is 11.6 Å². The molecule has 0 spiro atoms. The molecule has 0 amide bonds. The minimum absolute atomic E-state index is 0.155. The molecule has 0 saturated heterocycles. The lowest BCUT2D eigenvalue weighted by atomic mass is 10.0. The van der Waals surface area contributed by atoms with Crippen LogP contribution in [0, 0.1) is 6.92 Å². The van der Waals surface area contributed by atoms with E-state index in [1.165, 1.54) is 0 Å². The number of aryl methyl sites for hydroxylation is 1. The molecule has 0 aliphatic rings. The zero-order valence-electron chi connectivity index (χ0n) is 11.5. The molecule has 3 rings (SSSR count). The van der Waals surface area contributed by atoms with Gasteiger partial charge < -0.3 is 5.11 Å². The summed E-state index contributed by atoms with van der Waals surface area (Å²) in [6.07, 6.45) is 0. The molecule has 1 heterocycles. The molecule has 0 radical (unpaired) electrons. The maximum Gasteiger partial charge on any atom is 0.117 e. The van der Waals surface area contributed by atoms with Crippen LogP contribution in [0.15, 0.2) is 48.5 Å². The van der Waals surface area contributed by atoms with Crippen LogP contribution in [0.3, 0.4) is 0 Å². The summed E-state index contributed by atoms with van der Waals surface area (Å²) in [5.74, 6) is 0. The van der Waals surface area contributed by atoms with E-state index in [9.17, 15) is 5.11 Å². The summed E-state index contributed by atoms with van der Waals surface area (Å²) < 4.78 is 1.73. The maximum absolute atomic E-state index is 9.54. The zero-order valence-corrected chi connectivity index (χ0v) is 12.2. The van der Waals surface area contributed by atoms with Crippen molar-refractivity contribution in [1.29, 1.82) is 0 Å². The third-order valence-corrected chi connectivity index (χ3v) is 3.61. The van der Waals surface area contributed by atoms with Gasteiger partial charge in [0.25, 0.3) is 0 Å². The van der Waals surface area contributed by atoms with Crippen molar-refractivity contribution in [3.05, 3.63) is 64.8 Å². The molecule has 0 aliphatic carbocycles. The molecule has 106 valence electrons. The van der Waals surface area contributed by atoms with Gasteiger partial charge in [0, 0.05) is 10.6 Å². The Morgan fingerprint density at radius 2 is 1.81 bits per heavy atom. The molecule has 0 aliphatic heterocycles. The van der Waals surface area contributed by atoms with Gasteiger partial charge in [-0.05, 0) is 36.8 Å². The highest BCUT2D eigenvalue weighted by atomic mass is 35.5. The first-order valence-electron chi connectivity index (χ1n) is 6.58. The Labute approximate surface area is 127 Å². The zero-order chi connectivity index (χ0) is 14.8. The van der Waals surface area contributed by atoms with Crippen LogP contribution < -0.4 is 0 Å². The van der Waals surface area contributed by atoms with E-state index in [1.807, 2.05) is 43.3 Å². The number of aromatic nitrogens is 3. The van der Waals surface area contributed by atoms with Crippen LogP contribution in [0.2, 0.25) is 5.02 Å². The third-order valence-electron chi connectivity index (χ3n) is 3.36. The Bertz CT molecular complexity index is 765. The summed E-state index contributed by atoms with van der Waals surface area (Å²) in [6.45, 7) is 1.87. The third kappa shape index (κ3) is 2.55. The number of rotatable bonds is 3.